The number of aromatic amines is 1. The van der Waals surface area contributed by atoms with Crippen molar-refractivity contribution in [1.82, 2.24) is 4.98 Å². The highest BCUT2D eigenvalue weighted by atomic mass is 16.5. The van der Waals surface area contributed by atoms with Crippen LogP contribution in [0.2, 0.25) is 0 Å². The van der Waals surface area contributed by atoms with Crippen LogP contribution in [0.25, 0.3) is 10.9 Å². The van der Waals surface area contributed by atoms with Crippen molar-refractivity contribution in [2.45, 2.75) is 6.92 Å². The molecular weight excluding hydrogens is 166 g/mol. The number of aryl methyl sites for hydroxylation is 1. The minimum absolute atomic E-state index is 0.433. The fourth-order valence-corrected chi connectivity index (χ4v) is 1.36. The largest absolute Gasteiger partial charge is 0.426 e. The highest BCUT2D eigenvalue weighted by molar-refractivity contribution is 5.87. The third kappa shape index (κ3) is 1.28. The molecule has 13 heavy (non-hydrogen) atoms. The summed E-state index contributed by atoms with van der Waals surface area (Å²) in [4.78, 5) is 13.2. The van der Waals surface area contributed by atoms with Crippen LogP contribution in [0.1, 0.15) is 5.56 Å². The normalized spacial score (nSPS) is 10.2. The molecule has 0 aliphatic heterocycles. The van der Waals surface area contributed by atoms with Crippen molar-refractivity contribution in [3.05, 3.63) is 30.0 Å². The number of benzene rings is 1. The van der Waals surface area contributed by atoms with Gasteiger partial charge in [0.15, 0.2) is 5.75 Å². The summed E-state index contributed by atoms with van der Waals surface area (Å²) in [7, 11) is 0. The summed E-state index contributed by atoms with van der Waals surface area (Å²) in [5, 5.41) is 0.928. The molecule has 0 saturated heterocycles. The SMILES string of the molecule is Cc1ccc2c(OC=O)c[nH]c2c1. The predicted molar refractivity (Wildman–Crippen MR) is 49.7 cm³/mol. The number of ether oxygens (including phenoxy) is 1. The van der Waals surface area contributed by atoms with Gasteiger partial charge in [-0.05, 0) is 24.6 Å². The smallest absolute Gasteiger partial charge is 0.298 e. The van der Waals surface area contributed by atoms with Gasteiger partial charge >= 0.3 is 0 Å². The lowest BCUT2D eigenvalue weighted by molar-refractivity contribution is -0.120. The first kappa shape index (κ1) is 7.86. The summed E-state index contributed by atoms with van der Waals surface area (Å²) in [5.74, 6) is 0.574. The van der Waals surface area contributed by atoms with Crippen molar-refractivity contribution >= 4 is 17.4 Å². The van der Waals surface area contributed by atoms with Gasteiger partial charge in [-0.2, -0.15) is 0 Å². The summed E-state index contributed by atoms with van der Waals surface area (Å²) < 4.78 is 4.79. The van der Waals surface area contributed by atoms with Crippen molar-refractivity contribution in [3.8, 4) is 5.75 Å². The molecule has 1 aromatic carbocycles. The van der Waals surface area contributed by atoms with Crippen LogP contribution >= 0.6 is 0 Å². The number of H-pyrrole nitrogens is 1. The average molecular weight is 175 g/mol. The van der Waals surface area contributed by atoms with E-state index in [-0.39, 0.29) is 0 Å². The van der Waals surface area contributed by atoms with Crippen molar-refractivity contribution < 1.29 is 9.53 Å². The molecule has 3 heteroatoms. The zero-order valence-electron chi connectivity index (χ0n) is 7.20. The van der Waals surface area contributed by atoms with Crippen LogP contribution in [0.5, 0.6) is 5.75 Å². The second-order valence-electron chi connectivity index (χ2n) is 2.92. The van der Waals surface area contributed by atoms with Crippen LogP contribution < -0.4 is 4.74 Å². The number of hydrogen-bond donors (Lipinski definition) is 1. The minimum atomic E-state index is 0.433. The average Bonchev–Trinajstić information content (AvgIpc) is 2.49. The molecule has 1 heterocycles. The predicted octanol–water partition coefficient (Wildman–Crippen LogP) is 2.01. The Morgan fingerprint density at radius 3 is 3.08 bits per heavy atom. The van der Waals surface area contributed by atoms with Gasteiger partial charge in [0.2, 0.25) is 0 Å². The first-order valence-corrected chi connectivity index (χ1v) is 3.99. The Balaban J connectivity index is 2.61. The molecule has 66 valence electrons. The van der Waals surface area contributed by atoms with E-state index < -0.39 is 0 Å². The van der Waals surface area contributed by atoms with Crippen molar-refractivity contribution in [2.24, 2.45) is 0 Å². The standard InChI is InChI=1S/C10H9NO2/c1-7-2-3-8-9(4-7)11-5-10(8)13-6-12/h2-6,11H,1H3. The van der Waals surface area contributed by atoms with Crippen LogP contribution in [0.4, 0.5) is 0 Å². The van der Waals surface area contributed by atoms with Crippen LogP contribution in [0.15, 0.2) is 24.4 Å². The maximum absolute atomic E-state index is 10.1. The van der Waals surface area contributed by atoms with E-state index in [4.69, 9.17) is 4.74 Å². The Bertz CT molecular complexity index is 445. The van der Waals surface area contributed by atoms with Gasteiger partial charge in [0.25, 0.3) is 6.47 Å². The fraction of sp³-hybridized carbons (Fsp3) is 0.100. The van der Waals surface area contributed by atoms with Gasteiger partial charge in [0.1, 0.15) is 0 Å². The highest BCUT2D eigenvalue weighted by Gasteiger charge is 2.03. The number of carbonyl (C=O) groups is 1. The van der Waals surface area contributed by atoms with E-state index in [0.717, 1.165) is 10.9 Å². The molecule has 0 amide bonds. The number of hydrogen-bond acceptors (Lipinski definition) is 2. The zero-order valence-corrected chi connectivity index (χ0v) is 7.20. The minimum Gasteiger partial charge on any atom is -0.426 e. The van der Waals surface area contributed by atoms with Gasteiger partial charge in [-0.25, -0.2) is 0 Å². The number of aromatic nitrogens is 1. The Kier molecular flexibility index (Phi) is 1.77. The van der Waals surface area contributed by atoms with E-state index in [0.29, 0.717) is 12.2 Å². The molecule has 0 unspecified atom stereocenters. The third-order valence-corrected chi connectivity index (χ3v) is 1.97. The molecule has 0 fully saturated rings. The first-order chi connectivity index (χ1) is 6.31. The van der Waals surface area contributed by atoms with Crippen molar-refractivity contribution in [2.75, 3.05) is 0 Å². The van der Waals surface area contributed by atoms with E-state index in [9.17, 15) is 4.79 Å². The molecule has 0 atom stereocenters. The molecule has 1 N–H and O–H groups in total. The molecule has 2 aromatic rings. The quantitative estimate of drug-likeness (QED) is 0.709. The number of nitrogens with one attached hydrogen (secondary N) is 1. The molecule has 0 spiro atoms. The second-order valence-corrected chi connectivity index (χ2v) is 2.92. The van der Waals surface area contributed by atoms with E-state index in [1.165, 1.54) is 5.56 Å². The Morgan fingerprint density at radius 1 is 1.46 bits per heavy atom. The van der Waals surface area contributed by atoms with Crippen LogP contribution in [0.3, 0.4) is 0 Å². The van der Waals surface area contributed by atoms with Gasteiger partial charge in [-0.3, -0.25) is 4.79 Å². The lowest BCUT2D eigenvalue weighted by atomic mass is 10.2. The summed E-state index contributed by atoms with van der Waals surface area (Å²) in [6, 6.07) is 5.92. The summed E-state index contributed by atoms with van der Waals surface area (Å²) in [6.45, 7) is 2.45. The summed E-state index contributed by atoms with van der Waals surface area (Å²) in [6.07, 6.45) is 1.68. The van der Waals surface area contributed by atoms with E-state index in [1.54, 1.807) is 6.20 Å². The Morgan fingerprint density at radius 2 is 2.31 bits per heavy atom. The van der Waals surface area contributed by atoms with Crippen molar-refractivity contribution in [1.29, 1.82) is 0 Å². The van der Waals surface area contributed by atoms with Gasteiger partial charge in [-0.1, -0.05) is 6.07 Å². The van der Waals surface area contributed by atoms with E-state index in [1.807, 2.05) is 25.1 Å². The molecule has 0 aliphatic carbocycles. The summed E-state index contributed by atoms with van der Waals surface area (Å²) in [5.41, 5.74) is 2.16. The number of fused-ring (bicyclic) bond motifs is 1. The molecule has 0 radical (unpaired) electrons. The molecule has 0 saturated carbocycles. The molecule has 3 nitrogen and oxygen atoms in total. The second kappa shape index (κ2) is 2.94. The van der Waals surface area contributed by atoms with Crippen molar-refractivity contribution in [3.63, 3.8) is 0 Å². The van der Waals surface area contributed by atoms with E-state index in [2.05, 4.69) is 4.98 Å². The lowest BCUT2D eigenvalue weighted by Gasteiger charge is -1.95. The maximum Gasteiger partial charge on any atom is 0.298 e. The molecule has 0 bridgehead atoms. The van der Waals surface area contributed by atoms with Gasteiger partial charge in [0.05, 0.1) is 0 Å². The van der Waals surface area contributed by atoms with Gasteiger partial charge in [0, 0.05) is 17.1 Å². The topological polar surface area (TPSA) is 42.1 Å². The Hall–Kier alpha value is -1.77. The maximum atomic E-state index is 10.1. The van der Waals surface area contributed by atoms with Crippen LogP contribution in [0, 0.1) is 6.92 Å². The number of carbonyl (C=O) groups excluding carboxylic acids is 1. The van der Waals surface area contributed by atoms with Crippen LogP contribution in [-0.2, 0) is 4.79 Å². The number of rotatable bonds is 2. The van der Waals surface area contributed by atoms with E-state index >= 15 is 0 Å². The van der Waals surface area contributed by atoms with Crippen LogP contribution in [-0.4, -0.2) is 11.5 Å². The first-order valence-electron chi connectivity index (χ1n) is 3.99. The molecule has 0 aliphatic rings. The fourth-order valence-electron chi connectivity index (χ4n) is 1.36. The zero-order chi connectivity index (χ0) is 9.26. The van der Waals surface area contributed by atoms with Gasteiger partial charge < -0.3 is 9.72 Å². The molecular formula is C10H9NO2. The Labute approximate surface area is 75.3 Å². The molecule has 2 rings (SSSR count). The third-order valence-electron chi connectivity index (χ3n) is 1.97. The summed E-state index contributed by atoms with van der Waals surface area (Å²) >= 11 is 0. The molecule has 1 aromatic heterocycles. The van der Waals surface area contributed by atoms with Gasteiger partial charge in [-0.15, -0.1) is 0 Å². The lowest BCUT2D eigenvalue weighted by Crippen LogP contribution is -1.85. The monoisotopic (exact) mass is 175 g/mol. The highest BCUT2D eigenvalue weighted by Crippen LogP contribution is 2.25.